The molecule has 2 aromatic rings. The molecule has 0 radical (unpaired) electrons. The zero-order chi connectivity index (χ0) is 22.5. The number of hydrogen-bond acceptors (Lipinski definition) is 10. The molecule has 0 amide bonds. The van der Waals surface area contributed by atoms with Gasteiger partial charge in [0.15, 0.2) is 0 Å². The maximum absolute atomic E-state index is 12.1. The molecule has 0 aliphatic carbocycles. The van der Waals surface area contributed by atoms with Crippen LogP contribution in [0.1, 0.15) is 12.5 Å². The molecule has 2 aromatic heterocycles. The molecule has 2 fully saturated rings. The van der Waals surface area contributed by atoms with E-state index in [0.29, 0.717) is 38.8 Å². The molecular weight excluding hydrogens is 434 g/mol. The molecule has 5 rings (SSSR count). The maximum atomic E-state index is 12.1. The highest BCUT2D eigenvalue weighted by molar-refractivity contribution is 7.87. The summed E-state index contributed by atoms with van der Waals surface area (Å²) in [4.78, 5) is 22.5. The van der Waals surface area contributed by atoms with E-state index in [1.807, 2.05) is 0 Å². The van der Waals surface area contributed by atoms with Gasteiger partial charge < -0.3 is 20.3 Å². The number of nitrogens with zero attached hydrogens (tertiary/aromatic N) is 7. The van der Waals surface area contributed by atoms with Crippen molar-refractivity contribution in [1.29, 1.82) is 0 Å². The topological polar surface area (TPSA) is 143 Å². The highest BCUT2D eigenvalue weighted by Gasteiger charge is 2.42. The van der Waals surface area contributed by atoms with Crippen LogP contribution >= 0.6 is 0 Å². The largest absolute Gasteiger partial charge is 0.377 e. The standard InChI is InChI=1S/C19H27N9O3S/c1-12-11-31-6-5-27(12)19-24-16(13-7-22-18(20)23-8-13)15-3-4-28(17(15)25-19)14-9-26(10-14)32(29,30)21-2/h7-8,12,14,21H,3-6,9-11H2,1-2H3,(H2,20,22,23)/t12-/m0/s1. The third-order valence-corrected chi connectivity index (χ3v) is 7.78. The molecule has 2 saturated heterocycles. The highest BCUT2D eigenvalue weighted by atomic mass is 32.2. The van der Waals surface area contributed by atoms with Crippen LogP contribution in [0, 0.1) is 0 Å². The molecule has 12 nitrogen and oxygen atoms in total. The summed E-state index contributed by atoms with van der Waals surface area (Å²) < 4.78 is 33.6. The molecule has 3 aliphatic heterocycles. The number of nitrogens with two attached hydrogens (primary N) is 1. The van der Waals surface area contributed by atoms with Crippen LogP contribution in [0.4, 0.5) is 17.7 Å². The minimum atomic E-state index is -3.42. The van der Waals surface area contributed by atoms with E-state index in [1.54, 1.807) is 12.4 Å². The quantitative estimate of drug-likeness (QED) is 0.584. The van der Waals surface area contributed by atoms with Gasteiger partial charge in [-0.2, -0.15) is 17.7 Å². The zero-order valence-electron chi connectivity index (χ0n) is 18.1. The van der Waals surface area contributed by atoms with Crippen LogP contribution in [0.15, 0.2) is 12.4 Å². The van der Waals surface area contributed by atoms with Gasteiger partial charge in [0.05, 0.1) is 31.0 Å². The van der Waals surface area contributed by atoms with Gasteiger partial charge in [-0.1, -0.05) is 0 Å². The lowest BCUT2D eigenvalue weighted by atomic mass is 10.1. The highest BCUT2D eigenvalue weighted by Crippen LogP contribution is 2.38. The Bertz CT molecular complexity index is 1110. The van der Waals surface area contributed by atoms with Crippen LogP contribution in [-0.2, 0) is 21.4 Å². The first kappa shape index (κ1) is 21.2. The van der Waals surface area contributed by atoms with Gasteiger partial charge in [-0.3, -0.25) is 0 Å². The molecule has 172 valence electrons. The van der Waals surface area contributed by atoms with Gasteiger partial charge in [0.2, 0.25) is 11.9 Å². The molecule has 32 heavy (non-hydrogen) atoms. The van der Waals surface area contributed by atoms with Gasteiger partial charge in [-0.25, -0.2) is 19.7 Å². The smallest absolute Gasteiger partial charge is 0.279 e. The van der Waals surface area contributed by atoms with Crippen molar-refractivity contribution in [2.24, 2.45) is 0 Å². The third-order valence-electron chi connectivity index (χ3n) is 6.29. The molecular formula is C19H27N9O3S. The monoisotopic (exact) mass is 461 g/mol. The Kier molecular flexibility index (Phi) is 5.35. The number of rotatable bonds is 5. The van der Waals surface area contributed by atoms with Crippen LogP contribution in [0.2, 0.25) is 0 Å². The first-order chi connectivity index (χ1) is 15.4. The van der Waals surface area contributed by atoms with Crippen molar-refractivity contribution in [3.63, 3.8) is 0 Å². The molecule has 0 saturated carbocycles. The number of aromatic nitrogens is 4. The minimum Gasteiger partial charge on any atom is -0.377 e. The second kappa shape index (κ2) is 8.06. The Labute approximate surface area is 187 Å². The Hall–Kier alpha value is -2.61. The summed E-state index contributed by atoms with van der Waals surface area (Å²) in [7, 11) is -1.99. The van der Waals surface area contributed by atoms with Crippen molar-refractivity contribution < 1.29 is 13.2 Å². The number of anilines is 3. The van der Waals surface area contributed by atoms with Crippen molar-refractivity contribution in [2.75, 3.05) is 62.0 Å². The molecule has 0 unspecified atom stereocenters. The molecule has 5 heterocycles. The summed E-state index contributed by atoms with van der Waals surface area (Å²) in [6, 6.07) is 0.215. The normalized spacial score (nSPS) is 22.1. The van der Waals surface area contributed by atoms with Crippen LogP contribution in [0.25, 0.3) is 11.3 Å². The lowest BCUT2D eigenvalue weighted by Gasteiger charge is -2.43. The summed E-state index contributed by atoms with van der Waals surface area (Å²) in [5.41, 5.74) is 8.29. The summed E-state index contributed by atoms with van der Waals surface area (Å²) >= 11 is 0. The van der Waals surface area contributed by atoms with Crippen molar-refractivity contribution in [1.82, 2.24) is 29.0 Å². The van der Waals surface area contributed by atoms with E-state index in [2.05, 4.69) is 31.4 Å². The van der Waals surface area contributed by atoms with Crippen molar-refractivity contribution in [3.8, 4) is 11.3 Å². The predicted molar refractivity (Wildman–Crippen MR) is 119 cm³/mol. The van der Waals surface area contributed by atoms with E-state index < -0.39 is 10.2 Å². The Balaban J connectivity index is 1.52. The van der Waals surface area contributed by atoms with Crippen molar-refractivity contribution >= 4 is 27.9 Å². The summed E-state index contributed by atoms with van der Waals surface area (Å²) in [5.74, 6) is 1.70. The maximum Gasteiger partial charge on any atom is 0.279 e. The molecule has 0 bridgehead atoms. The van der Waals surface area contributed by atoms with Crippen LogP contribution < -0.4 is 20.3 Å². The number of nitrogens with one attached hydrogen (secondary N) is 1. The molecule has 3 N–H and O–H groups in total. The van der Waals surface area contributed by atoms with Crippen molar-refractivity contribution in [3.05, 3.63) is 18.0 Å². The second-order valence-corrected chi connectivity index (χ2v) is 10.1. The van der Waals surface area contributed by atoms with E-state index in [0.717, 1.165) is 35.6 Å². The number of nitrogen functional groups attached to an aromatic ring is 1. The summed E-state index contributed by atoms with van der Waals surface area (Å²) in [5, 5.41) is 0. The van der Waals surface area contributed by atoms with E-state index >= 15 is 0 Å². The molecule has 0 spiro atoms. The lowest BCUT2D eigenvalue weighted by Crippen LogP contribution is -2.62. The molecule has 0 aromatic carbocycles. The molecule has 1 atom stereocenters. The number of ether oxygens (including phenoxy) is 1. The van der Waals surface area contributed by atoms with Crippen LogP contribution in [0.3, 0.4) is 0 Å². The van der Waals surface area contributed by atoms with Gasteiger partial charge in [0.1, 0.15) is 5.82 Å². The first-order valence-electron chi connectivity index (χ1n) is 10.7. The Morgan fingerprint density at radius 3 is 2.59 bits per heavy atom. The fourth-order valence-corrected chi connectivity index (χ4v) is 5.41. The van der Waals surface area contributed by atoms with E-state index in [4.69, 9.17) is 20.4 Å². The Morgan fingerprint density at radius 2 is 1.91 bits per heavy atom. The van der Waals surface area contributed by atoms with Crippen LogP contribution in [-0.4, -0.2) is 91.2 Å². The van der Waals surface area contributed by atoms with Gasteiger partial charge in [-0.05, 0) is 13.3 Å². The minimum absolute atomic E-state index is 0.0692. The Morgan fingerprint density at radius 1 is 1.16 bits per heavy atom. The molecule has 3 aliphatic rings. The van der Waals surface area contributed by atoms with E-state index in [1.165, 1.54) is 11.4 Å². The van der Waals surface area contributed by atoms with Gasteiger partial charge >= 0.3 is 0 Å². The number of hydrogen-bond donors (Lipinski definition) is 2. The van der Waals surface area contributed by atoms with E-state index in [9.17, 15) is 8.42 Å². The fourth-order valence-electron chi connectivity index (χ4n) is 4.41. The van der Waals surface area contributed by atoms with Gasteiger partial charge in [0, 0.05) is 56.7 Å². The predicted octanol–water partition coefficient (Wildman–Crippen LogP) is -0.748. The van der Waals surface area contributed by atoms with Crippen LogP contribution in [0.5, 0.6) is 0 Å². The summed E-state index contributed by atoms with van der Waals surface area (Å²) in [6.07, 6.45) is 4.14. The third kappa shape index (κ3) is 3.64. The second-order valence-electron chi connectivity index (χ2n) is 8.25. The average Bonchev–Trinajstić information content (AvgIpc) is 3.16. The number of fused-ring (bicyclic) bond motifs is 1. The van der Waals surface area contributed by atoms with Gasteiger partial charge in [0.25, 0.3) is 10.2 Å². The SMILES string of the molecule is CNS(=O)(=O)N1CC(N2CCc3c(-c4cnc(N)nc4)nc(N4CCOC[C@@H]4C)nc32)C1. The number of morpholine rings is 1. The summed E-state index contributed by atoms with van der Waals surface area (Å²) in [6.45, 7) is 5.64. The molecule has 13 heteroatoms. The average molecular weight is 462 g/mol. The van der Waals surface area contributed by atoms with Gasteiger partial charge in [-0.15, -0.1) is 0 Å². The van der Waals surface area contributed by atoms with Crippen molar-refractivity contribution in [2.45, 2.75) is 25.4 Å². The zero-order valence-corrected chi connectivity index (χ0v) is 18.9. The van der Waals surface area contributed by atoms with E-state index in [-0.39, 0.29) is 18.0 Å². The lowest BCUT2D eigenvalue weighted by molar-refractivity contribution is 0.0981. The fraction of sp³-hybridized carbons (Fsp3) is 0.579. The first-order valence-corrected chi connectivity index (χ1v) is 12.1.